The van der Waals surface area contributed by atoms with Crippen LogP contribution < -0.4 is 4.74 Å². The van der Waals surface area contributed by atoms with E-state index in [1.165, 1.54) is 9.18 Å². The zero-order valence-corrected chi connectivity index (χ0v) is 24.0. The molecule has 3 aromatic rings. The van der Waals surface area contributed by atoms with Crippen LogP contribution in [0.25, 0.3) is 0 Å². The zero-order chi connectivity index (χ0) is 27.0. The Hall–Kier alpha value is -2.68. The van der Waals surface area contributed by atoms with Crippen LogP contribution in [0.5, 0.6) is 5.75 Å². The second-order valence-corrected chi connectivity index (χ2v) is 13.6. The van der Waals surface area contributed by atoms with E-state index in [2.05, 4.69) is 32.2 Å². The minimum Gasteiger partial charge on any atom is -0.497 e. The largest absolute Gasteiger partial charge is 0.497 e. The molecule has 0 aliphatic carbocycles. The van der Waals surface area contributed by atoms with Crippen LogP contribution in [-0.2, 0) is 26.7 Å². The van der Waals surface area contributed by atoms with Crippen LogP contribution in [0, 0.1) is 0 Å². The van der Waals surface area contributed by atoms with Gasteiger partial charge < -0.3 is 9.64 Å². The number of sulfonamides is 1. The number of hydrogen-bond acceptors (Lipinski definition) is 5. The van der Waals surface area contributed by atoms with E-state index >= 15 is 0 Å². The summed E-state index contributed by atoms with van der Waals surface area (Å²) in [7, 11) is -2.24. The summed E-state index contributed by atoms with van der Waals surface area (Å²) in [5, 5.41) is 2.06. The SMILES string of the molecule is COc1ccc(C2c3ccsc3CCN2C(=O)CN(C(C)C)S(=O)(=O)c2ccc(C(C)(C)C)cc2)cc1. The van der Waals surface area contributed by atoms with E-state index in [1.54, 1.807) is 30.6 Å². The molecule has 0 saturated carbocycles. The number of thiophene rings is 1. The molecule has 1 aromatic heterocycles. The van der Waals surface area contributed by atoms with Gasteiger partial charge in [-0.15, -0.1) is 11.3 Å². The molecule has 1 amide bonds. The van der Waals surface area contributed by atoms with Crippen LogP contribution in [0.4, 0.5) is 0 Å². The van der Waals surface area contributed by atoms with E-state index in [9.17, 15) is 13.2 Å². The summed E-state index contributed by atoms with van der Waals surface area (Å²) in [6, 6.07) is 16.2. The van der Waals surface area contributed by atoms with Gasteiger partial charge in [0.1, 0.15) is 5.75 Å². The van der Waals surface area contributed by atoms with Crippen molar-refractivity contribution in [1.82, 2.24) is 9.21 Å². The fourth-order valence-corrected chi connectivity index (χ4v) is 7.25. The van der Waals surface area contributed by atoms with Gasteiger partial charge in [-0.25, -0.2) is 8.42 Å². The quantitative estimate of drug-likeness (QED) is 0.390. The smallest absolute Gasteiger partial charge is 0.243 e. The zero-order valence-electron chi connectivity index (χ0n) is 22.4. The number of methoxy groups -OCH3 is 1. The Kier molecular flexibility index (Phi) is 7.83. The lowest BCUT2D eigenvalue weighted by Crippen LogP contribution is -2.48. The molecule has 0 N–H and O–H groups in total. The third kappa shape index (κ3) is 5.61. The third-order valence-corrected chi connectivity index (χ3v) is 9.94. The number of benzene rings is 2. The number of fused-ring (bicyclic) bond motifs is 1. The molecule has 1 atom stereocenters. The highest BCUT2D eigenvalue weighted by Crippen LogP contribution is 2.38. The van der Waals surface area contributed by atoms with E-state index in [4.69, 9.17) is 4.74 Å². The average Bonchev–Trinajstić information content (AvgIpc) is 3.35. The lowest BCUT2D eigenvalue weighted by atomic mass is 9.87. The molecule has 0 bridgehead atoms. The fraction of sp³-hybridized carbons (Fsp3) is 0.414. The van der Waals surface area contributed by atoms with Crippen molar-refractivity contribution in [3.63, 3.8) is 0 Å². The van der Waals surface area contributed by atoms with Gasteiger partial charge in [-0.2, -0.15) is 4.31 Å². The van der Waals surface area contributed by atoms with E-state index in [1.807, 2.05) is 55.1 Å². The summed E-state index contributed by atoms with van der Waals surface area (Å²) in [5.41, 5.74) is 3.05. The van der Waals surface area contributed by atoms with Crippen molar-refractivity contribution in [2.75, 3.05) is 20.2 Å². The molecule has 6 nitrogen and oxygen atoms in total. The third-order valence-electron chi connectivity index (χ3n) is 6.91. The van der Waals surface area contributed by atoms with E-state index < -0.39 is 10.0 Å². The Morgan fingerprint density at radius 1 is 1.08 bits per heavy atom. The average molecular weight is 541 g/mol. The molecule has 37 heavy (non-hydrogen) atoms. The number of ether oxygens (including phenoxy) is 1. The maximum atomic E-state index is 13.8. The Balaban J connectivity index is 1.64. The monoisotopic (exact) mass is 540 g/mol. The molecule has 2 heterocycles. The summed E-state index contributed by atoms with van der Waals surface area (Å²) >= 11 is 1.70. The van der Waals surface area contributed by atoms with Crippen molar-refractivity contribution in [3.05, 3.63) is 81.5 Å². The van der Waals surface area contributed by atoms with Crippen LogP contribution in [0.1, 0.15) is 62.2 Å². The van der Waals surface area contributed by atoms with Crippen LogP contribution in [0.2, 0.25) is 0 Å². The first kappa shape index (κ1) is 27.4. The highest BCUT2D eigenvalue weighted by Gasteiger charge is 2.36. The summed E-state index contributed by atoms with van der Waals surface area (Å²) in [4.78, 5) is 17.1. The molecule has 4 rings (SSSR count). The summed E-state index contributed by atoms with van der Waals surface area (Å²) in [5.74, 6) is 0.541. The number of carbonyl (C=O) groups excluding carboxylic acids is 1. The Morgan fingerprint density at radius 2 is 1.73 bits per heavy atom. The number of rotatable bonds is 7. The van der Waals surface area contributed by atoms with Gasteiger partial charge in [0.2, 0.25) is 15.9 Å². The number of hydrogen-bond donors (Lipinski definition) is 0. The van der Waals surface area contributed by atoms with E-state index in [0.717, 1.165) is 28.9 Å². The molecular formula is C29H36N2O4S2. The van der Waals surface area contributed by atoms with Crippen molar-refractivity contribution < 1.29 is 17.9 Å². The second kappa shape index (κ2) is 10.6. The van der Waals surface area contributed by atoms with Crippen molar-refractivity contribution >= 4 is 27.3 Å². The Morgan fingerprint density at radius 3 is 2.30 bits per heavy atom. The molecule has 0 saturated heterocycles. The van der Waals surface area contributed by atoms with Crippen molar-refractivity contribution in [3.8, 4) is 5.75 Å². The minimum atomic E-state index is -3.87. The second-order valence-electron chi connectivity index (χ2n) is 10.7. The van der Waals surface area contributed by atoms with Crippen molar-refractivity contribution in [2.24, 2.45) is 0 Å². The first-order valence-corrected chi connectivity index (χ1v) is 14.9. The Bertz CT molecular complexity index is 1340. The van der Waals surface area contributed by atoms with E-state index in [0.29, 0.717) is 6.54 Å². The summed E-state index contributed by atoms with van der Waals surface area (Å²) in [6.07, 6.45) is 0.758. The molecule has 1 aliphatic heterocycles. The molecule has 0 spiro atoms. The molecule has 1 aliphatic rings. The lowest BCUT2D eigenvalue weighted by molar-refractivity contribution is -0.133. The number of amides is 1. The van der Waals surface area contributed by atoms with Crippen LogP contribution >= 0.6 is 11.3 Å². The highest BCUT2D eigenvalue weighted by molar-refractivity contribution is 7.89. The molecule has 8 heteroatoms. The molecule has 1 unspecified atom stereocenters. The van der Waals surface area contributed by atoms with Crippen LogP contribution in [0.3, 0.4) is 0 Å². The lowest BCUT2D eigenvalue weighted by Gasteiger charge is -2.38. The molecular weight excluding hydrogens is 504 g/mol. The molecule has 0 fully saturated rings. The van der Waals surface area contributed by atoms with Crippen molar-refractivity contribution in [2.45, 2.75) is 63.4 Å². The van der Waals surface area contributed by atoms with Gasteiger partial charge >= 0.3 is 0 Å². The minimum absolute atomic E-state index is 0.0821. The molecule has 2 aromatic carbocycles. The topological polar surface area (TPSA) is 66.9 Å². The van der Waals surface area contributed by atoms with Crippen molar-refractivity contribution in [1.29, 1.82) is 0 Å². The van der Waals surface area contributed by atoms with Gasteiger partial charge in [0, 0.05) is 17.5 Å². The van der Waals surface area contributed by atoms with Gasteiger partial charge in [0.05, 0.1) is 24.6 Å². The first-order valence-electron chi connectivity index (χ1n) is 12.6. The predicted octanol–water partition coefficient (Wildman–Crippen LogP) is 5.63. The highest BCUT2D eigenvalue weighted by atomic mass is 32.2. The summed E-state index contributed by atoms with van der Waals surface area (Å²) < 4.78 is 34.0. The van der Waals surface area contributed by atoms with Gasteiger partial charge in [0.25, 0.3) is 0 Å². The number of nitrogens with zero attached hydrogens (tertiary/aromatic N) is 2. The predicted molar refractivity (Wildman–Crippen MR) is 149 cm³/mol. The van der Waals surface area contributed by atoms with E-state index in [-0.39, 0.29) is 34.8 Å². The molecule has 0 radical (unpaired) electrons. The standard InChI is InChI=1S/C29H36N2O4S2/c1-20(2)31(37(33,34)24-13-9-22(10-14-24)29(3,4)5)19-27(32)30-17-15-26-25(16-18-36-26)28(30)21-7-11-23(35-6)12-8-21/h7-14,16,18,20,28H,15,17,19H2,1-6H3. The maximum Gasteiger partial charge on any atom is 0.243 e. The maximum absolute atomic E-state index is 13.8. The van der Waals surface area contributed by atoms with Gasteiger partial charge in [-0.05, 0) is 78.1 Å². The van der Waals surface area contributed by atoms with Crippen LogP contribution in [-0.4, -0.2) is 49.8 Å². The fourth-order valence-electron chi connectivity index (χ4n) is 4.76. The normalized spacial score (nSPS) is 16.2. The summed E-state index contributed by atoms with van der Waals surface area (Å²) in [6.45, 7) is 10.2. The van der Waals surface area contributed by atoms with Gasteiger partial charge in [-0.1, -0.05) is 45.0 Å². The van der Waals surface area contributed by atoms with Crippen LogP contribution in [0.15, 0.2) is 64.9 Å². The molecule has 198 valence electrons. The van der Waals surface area contributed by atoms with Gasteiger partial charge in [-0.3, -0.25) is 4.79 Å². The number of carbonyl (C=O) groups is 1. The Labute approximate surface area is 224 Å². The first-order chi connectivity index (χ1) is 17.4. The van der Waals surface area contributed by atoms with Gasteiger partial charge in [0.15, 0.2) is 0 Å².